The highest BCUT2D eigenvalue weighted by Gasteiger charge is 2.28. The van der Waals surface area contributed by atoms with Gasteiger partial charge >= 0.3 is 6.09 Å². The van der Waals surface area contributed by atoms with Crippen LogP contribution in [0.15, 0.2) is 65.4 Å². The van der Waals surface area contributed by atoms with E-state index in [-0.39, 0.29) is 24.5 Å². The molecule has 0 spiro atoms. The zero-order valence-corrected chi connectivity index (χ0v) is 25.4. The van der Waals surface area contributed by atoms with Crippen molar-refractivity contribution in [1.82, 2.24) is 25.1 Å². The summed E-state index contributed by atoms with van der Waals surface area (Å²) in [5.41, 5.74) is 8.11. The monoisotopic (exact) mass is 616 g/mol. The van der Waals surface area contributed by atoms with Gasteiger partial charge in [0.2, 0.25) is 5.91 Å². The van der Waals surface area contributed by atoms with Gasteiger partial charge in [-0.3, -0.25) is 14.6 Å². The van der Waals surface area contributed by atoms with Crippen LogP contribution in [0.1, 0.15) is 42.5 Å². The molecular weight excluding hydrogens is 584 g/mol. The van der Waals surface area contributed by atoms with Crippen LogP contribution < -0.4 is 11.1 Å². The lowest BCUT2D eigenvalue weighted by Crippen LogP contribution is -2.51. The van der Waals surface area contributed by atoms with Gasteiger partial charge < -0.3 is 30.0 Å². The van der Waals surface area contributed by atoms with E-state index in [1.165, 1.54) is 6.08 Å². The molecule has 3 N–H and O–H groups in total. The number of amides is 3. The molecule has 0 aliphatic carbocycles. The molecule has 0 bridgehead atoms. The normalized spacial score (nSPS) is 13.8. The van der Waals surface area contributed by atoms with Crippen molar-refractivity contribution >= 4 is 52.4 Å². The number of nitrogen functional groups attached to an aromatic ring is 1. The first-order chi connectivity index (χ1) is 20.9. The summed E-state index contributed by atoms with van der Waals surface area (Å²) in [5.74, 6) is 0.501. The second-order valence-corrected chi connectivity index (χ2v) is 11.8. The molecule has 0 atom stereocenters. The Kier molecular flexibility index (Phi) is 8.86. The Hall–Kier alpha value is -4.90. The molecule has 1 saturated heterocycles. The summed E-state index contributed by atoms with van der Waals surface area (Å²) in [5, 5.41) is 3.94. The fourth-order valence-electron chi connectivity index (χ4n) is 4.61. The maximum absolute atomic E-state index is 13.1. The van der Waals surface area contributed by atoms with Crippen molar-refractivity contribution in [3.63, 3.8) is 0 Å². The highest BCUT2D eigenvalue weighted by molar-refractivity contribution is 6.35. The van der Waals surface area contributed by atoms with Gasteiger partial charge in [-0.15, -0.1) is 0 Å². The summed E-state index contributed by atoms with van der Waals surface area (Å²) in [6, 6.07) is 12.4. The molecule has 1 aliphatic heterocycles. The molecule has 0 radical (unpaired) electrons. The lowest BCUT2D eigenvalue weighted by molar-refractivity contribution is -0.116. The fourth-order valence-corrected chi connectivity index (χ4v) is 4.88. The fraction of sp³-hybridized carbons (Fsp3) is 0.281. The van der Waals surface area contributed by atoms with Crippen LogP contribution in [0.3, 0.4) is 0 Å². The van der Waals surface area contributed by atoms with Crippen molar-refractivity contribution < 1.29 is 23.5 Å². The Balaban J connectivity index is 1.19. The van der Waals surface area contributed by atoms with Crippen molar-refractivity contribution in [2.75, 3.05) is 31.9 Å². The van der Waals surface area contributed by atoms with Gasteiger partial charge in [-0.05, 0) is 74.9 Å². The number of ether oxygens (including phenoxy) is 1. The van der Waals surface area contributed by atoms with E-state index in [4.69, 9.17) is 26.5 Å². The van der Waals surface area contributed by atoms with Crippen molar-refractivity contribution in [2.24, 2.45) is 0 Å². The number of aromatic nitrogens is 2. The molecule has 0 saturated carbocycles. The molecule has 3 amide bonds. The summed E-state index contributed by atoms with van der Waals surface area (Å²) in [4.78, 5) is 49.5. The van der Waals surface area contributed by atoms with Crippen LogP contribution in [0.5, 0.6) is 0 Å². The van der Waals surface area contributed by atoms with Gasteiger partial charge in [0.1, 0.15) is 17.2 Å². The molecule has 0 unspecified atom stereocenters. The summed E-state index contributed by atoms with van der Waals surface area (Å²) >= 11 is 6.54. The molecule has 4 heterocycles. The van der Waals surface area contributed by atoms with Crippen LogP contribution >= 0.6 is 11.6 Å². The number of nitrogens with two attached hydrogens (primary N) is 1. The lowest BCUT2D eigenvalue weighted by atomic mass is 10.1. The van der Waals surface area contributed by atoms with E-state index >= 15 is 0 Å². The van der Waals surface area contributed by atoms with Crippen LogP contribution in [0, 0.1) is 0 Å². The Bertz CT molecular complexity index is 1700. The quantitative estimate of drug-likeness (QED) is 0.283. The Morgan fingerprint density at radius 1 is 1.02 bits per heavy atom. The van der Waals surface area contributed by atoms with Gasteiger partial charge in [0, 0.05) is 55.6 Å². The number of hydrogen-bond donors (Lipinski definition) is 2. The number of carbonyl (C=O) groups is 3. The average Bonchev–Trinajstić information content (AvgIpc) is 3.42. The standard InChI is InChI=1S/C32H33ClN6O5/c1-32(2,3)44-31(42)39-12-10-38(11-13-39)30(41)21-6-7-26(35-18-21)22-14-23-15-24(43-29(23)25(33)16-22)19-37-28(40)9-5-20-4-8-27(34)36-17-20/h4-9,14-18H,10-13,19H2,1-3H3,(H2,34,36)(H,37,40)/b9-5+. The van der Waals surface area contributed by atoms with Crippen molar-refractivity contribution in [3.05, 3.63) is 82.8 Å². The molecule has 11 nitrogen and oxygen atoms in total. The topological polar surface area (TPSA) is 144 Å². The maximum atomic E-state index is 13.1. The van der Waals surface area contributed by atoms with Gasteiger partial charge in [0.05, 0.1) is 22.8 Å². The minimum absolute atomic E-state index is 0.150. The molecule has 5 rings (SSSR count). The van der Waals surface area contributed by atoms with E-state index in [2.05, 4.69) is 15.3 Å². The zero-order chi connectivity index (χ0) is 31.4. The van der Waals surface area contributed by atoms with Crippen LogP contribution in [-0.4, -0.2) is 69.5 Å². The summed E-state index contributed by atoms with van der Waals surface area (Å²) in [6.07, 6.45) is 5.80. The first kappa shape index (κ1) is 30.6. The Morgan fingerprint density at radius 3 is 2.43 bits per heavy atom. The predicted octanol–water partition coefficient (Wildman–Crippen LogP) is 5.15. The number of piperazine rings is 1. The predicted molar refractivity (Wildman–Crippen MR) is 168 cm³/mol. The number of carbonyl (C=O) groups excluding carboxylic acids is 3. The second-order valence-electron chi connectivity index (χ2n) is 11.3. The molecule has 44 heavy (non-hydrogen) atoms. The molecule has 1 aromatic carbocycles. The molecule has 1 aliphatic rings. The minimum atomic E-state index is -0.570. The lowest BCUT2D eigenvalue weighted by Gasteiger charge is -2.35. The van der Waals surface area contributed by atoms with Crippen LogP contribution in [0.25, 0.3) is 28.3 Å². The van der Waals surface area contributed by atoms with Crippen LogP contribution in [0.2, 0.25) is 5.02 Å². The van der Waals surface area contributed by atoms with E-state index in [0.29, 0.717) is 59.6 Å². The molecule has 1 fully saturated rings. The number of hydrogen-bond acceptors (Lipinski definition) is 8. The first-order valence-corrected chi connectivity index (χ1v) is 14.5. The van der Waals surface area contributed by atoms with Crippen LogP contribution in [-0.2, 0) is 16.1 Å². The summed E-state index contributed by atoms with van der Waals surface area (Å²) < 4.78 is 11.3. The number of fused-ring (bicyclic) bond motifs is 1. The number of halogens is 1. The number of nitrogens with zero attached hydrogens (tertiary/aromatic N) is 4. The van der Waals surface area contributed by atoms with E-state index in [1.807, 2.05) is 32.9 Å². The Morgan fingerprint density at radius 2 is 1.77 bits per heavy atom. The van der Waals surface area contributed by atoms with Crippen molar-refractivity contribution in [2.45, 2.75) is 32.9 Å². The second kappa shape index (κ2) is 12.8. The molecular formula is C32H33ClN6O5. The van der Waals surface area contributed by atoms with E-state index < -0.39 is 5.60 Å². The Labute approximate surface area is 259 Å². The maximum Gasteiger partial charge on any atom is 0.410 e. The van der Waals surface area contributed by atoms with Gasteiger partial charge in [-0.1, -0.05) is 11.6 Å². The molecule has 228 valence electrons. The highest BCUT2D eigenvalue weighted by atomic mass is 35.5. The van der Waals surface area contributed by atoms with E-state index in [0.717, 1.165) is 16.5 Å². The number of pyridine rings is 2. The summed E-state index contributed by atoms with van der Waals surface area (Å²) in [6.45, 7) is 7.27. The average molecular weight is 617 g/mol. The van der Waals surface area contributed by atoms with Gasteiger partial charge in [0.25, 0.3) is 5.91 Å². The van der Waals surface area contributed by atoms with Gasteiger partial charge in [-0.25, -0.2) is 9.78 Å². The minimum Gasteiger partial charge on any atom is -0.458 e. The summed E-state index contributed by atoms with van der Waals surface area (Å²) in [7, 11) is 0. The zero-order valence-electron chi connectivity index (χ0n) is 24.7. The van der Waals surface area contributed by atoms with E-state index in [1.54, 1.807) is 58.6 Å². The number of furan rings is 1. The number of anilines is 1. The number of nitrogens with one attached hydrogen (secondary N) is 1. The molecule has 12 heteroatoms. The van der Waals surface area contributed by atoms with Gasteiger partial charge in [0.15, 0.2) is 5.58 Å². The number of benzene rings is 1. The largest absolute Gasteiger partial charge is 0.458 e. The van der Waals surface area contributed by atoms with Crippen molar-refractivity contribution in [3.8, 4) is 11.3 Å². The number of rotatable bonds is 6. The smallest absolute Gasteiger partial charge is 0.410 e. The van der Waals surface area contributed by atoms with Gasteiger partial charge in [-0.2, -0.15) is 0 Å². The highest BCUT2D eigenvalue weighted by Crippen LogP contribution is 2.32. The third-order valence-corrected chi connectivity index (χ3v) is 7.10. The first-order valence-electron chi connectivity index (χ1n) is 14.1. The molecule has 4 aromatic rings. The SMILES string of the molecule is CC(C)(C)OC(=O)N1CCN(C(=O)c2ccc(-c3cc(Cl)c4oc(CNC(=O)/C=C/c5ccc(N)nc5)cc4c3)nc2)CC1. The van der Waals surface area contributed by atoms with Crippen LogP contribution in [0.4, 0.5) is 10.6 Å². The van der Waals surface area contributed by atoms with E-state index in [9.17, 15) is 14.4 Å². The third kappa shape index (κ3) is 7.54. The molecule has 3 aromatic heterocycles. The van der Waals surface area contributed by atoms with Crippen molar-refractivity contribution in [1.29, 1.82) is 0 Å². The third-order valence-electron chi connectivity index (χ3n) is 6.82.